The minimum Gasteiger partial charge on any atom is -0.373 e. The first-order chi connectivity index (χ1) is 11.2. The van der Waals surface area contributed by atoms with Crippen molar-refractivity contribution in [3.05, 3.63) is 66.2 Å². The van der Waals surface area contributed by atoms with Gasteiger partial charge in [0.05, 0.1) is 5.41 Å². The van der Waals surface area contributed by atoms with Crippen LogP contribution >= 0.6 is 0 Å². The highest BCUT2D eigenvalue weighted by Crippen LogP contribution is 2.43. The number of benzene rings is 2. The van der Waals surface area contributed by atoms with E-state index < -0.39 is 0 Å². The summed E-state index contributed by atoms with van der Waals surface area (Å²) >= 11 is 0. The fourth-order valence-electron chi connectivity index (χ4n) is 3.25. The van der Waals surface area contributed by atoms with Crippen molar-refractivity contribution in [1.82, 2.24) is 5.32 Å². The number of nitrogens with one attached hydrogen (secondary N) is 1. The lowest BCUT2D eigenvalue weighted by Crippen LogP contribution is -2.50. The molecule has 120 valence electrons. The van der Waals surface area contributed by atoms with Crippen molar-refractivity contribution in [1.29, 1.82) is 0 Å². The van der Waals surface area contributed by atoms with Crippen LogP contribution < -0.4 is 10.2 Å². The van der Waals surface area contributed by atoms with Gasteiger partial charge in [-0.05, 0) is 30.5 Å². The second-order valence-corrected chi connectivity index (χ2v) is 6.31. The van der Waals surface area contributed by atoms with Gasteiger partial charge in [0.1, 0.15) is 0 Å². The predicted molar refractivity (Wildman–Crippen MR) is 94.7 cm³/mol. The lowest BCUT2D eigenvalue weighted by molar-refractivity contribution is -0.129. The molecule has 3 rings (SSSR count). The SMILES string of the molecule is CN(CCNC(=O)C1(c2ccccc2)CCC1)c1ccccc1. The molecule has 1 fully saturated rings. The number of carbonyl (C=O) groups is 1. The van der Waals surface area contributed by atoms with E-state index in [2.05, 4.69) is 41.5 Å². The van der Waals surface area contributed by atoms with Crippen LogP contribution in [0.15, 0.2) is 60.7 Å². The van der Waals surface area contributed by atoms with E-state index in [1.807, 2.05) is 36.4 Å². The summed E-state index contributed by atoms with van der Waals surface area (Å²) in [6.45, 7) is 1.47. The quantitative estimate of drug-likeness (QED) is 0.887. The van der Waals surface area contributed by atoms with Crippen molar-refractivity contribution in [3.63, 3.8) is 0 Å². The first-order valence-electron chi connectivity index (χ1n) is 8.32. The third kappa shape index (κ3) is 3.24. The Morgan fingerprint density at radius 3 is 2.22 bits per heavy atom. The average molecular weight is 308 g/mol. The summed E-state index contributed by atoms with van der Waals surface area (Å²) < 4.78 is 0. The number of carbonyl (C=O) groups excluding carboxylic acids is 1. The van der Waals surface area contributed by atoms with E-state index in [9.17, 15) is 4.79 Å². The van der Waals surface area contributed by atoms with Gasteiger partial charge in [0.15, 0.2) is 0 Å². The van der Waals surface area contributed by atoms with Crippen LogP contribution in [0.2, 0.25) is 0 Å². The van der Waals surface area contributed by atoms with Crippen molar-refractivity contribution in [2.24, 2.45) is 0 Å². The van der Waals surface area contributed by atoms with Crippen LogP contribution in [0.5, 0.6) is 0 Å². The fourth-order valence-corrected chi connectivity index (χ4v) is 3.25. The Hall–Kier alpha value is -2.29. The minimum absolute atomic E-state index is 0.177. The normalized spacial score (nSPS) is 15.5. The molecular weight excluding hydrogens is 284 g/mol. The van der Waals surface area contributed by atoms with Crippen molar-refractivity contribution in [3.8, 4) is 0 Å². The van der Waals surface area contributed by atoms with Crippen LogP contribution in [0.4, 0.5) is 5.69 Å². The number of rotatable bonds is 6. The van der Waals surface area contributed by atoms with E-state index in [0.717, 1.165) is 31.4 Å². The maximum atomic E-state index is 12.7. The highest BCUT2D eigenvalue weighted by atomic mass is 16.2. The molecule has 0 spiro atoms. The Morgan fingerprint density at radius 1 is 1.04 bits per heavy atom. The molecule has 23 heavy (non-hydrogen) atoms. The van der Waals surface area contributed by atoms with Gasteiger partial charge in [-0.3, -0.25) is 4.79 Å². The van der Waals surface area contributed by atoms with Gasteiger partial charge < -0.3 is 10.2 Å². The summed E-state index contributed by atoms with van der Waals surface area (Å²) in [7, 11) is 2.05. The van der Waals surface area contributed by atoms with Crippen molar-refractivity contribution in [2.75, 3.05) is 25.0 Å². The third-order valence-electron chi connectivity index (χ3n) is 4.90. The van der Waals surface area contributed by atoms with Crippen molar-refractivity contribution < 1.29 is 4.79 Å². The van der Waals surface area contributed by atoms with Gasteiger partial charge in [0.25, 0.3) is 0 Å². The molecule has 1 aliphatic carbocycles. The molecule has 3 nitrogen and oxygen atoms in total. The first-order valence-corrected chi connectivity index (χ1v) is 8.32. The van der Waals surface area contributed by atoms with E-state index in [0.29, 0.717) is 6.54 Å². The van der Waals surface area contributed by atoms with E-state index in [1.54, 1.807) is 0 Å². The molecule has 3 heteroatoms. The molecule has 1 aliphatic rings. The van der Waals surface area contributed by atoms with E-state index in [1.165, 1.54) is 5.69 Å². The van der Waals surface area contributed by atoms with E-state index in [4.69, 9.17) is 0 Å². The maximum Gasteiger partial charge on any atom is 0.230 e. The molecule has 1 N–H and O–H groups in total. The van der Waals surface area contributed by atoms with E-state index in [-0.39, 0.29) is 11.3 Å². The molecular formula is C20H24N2O. The smallest absolute Gasteiger partial charge is 0.230 e. The second-order valence-electron chi connectivity index (χ2n) is 6.31. The summed E-state index contributed by atoms with van der Waals surface area (Å²) in [5.74, 6) is 0.177. The van der Waals surface area contributed by atoms with Gasteiger partial charge in [-0.1, -0.05) is 55.0 Å². The molecule has 0 aromatic heterocycles. The molecule has 2 aromatic rings. The first kappa shape index (κ1) is 15.6. The molecule has 0 bridgehead atoms. The standard InChI is InChI=1S/C20H24N2O/c1-22(18-11-6-3-7-12-18)16-15-21-19(23)20(13-8-14-20)17-9-4-2-5-10-17/h2-7,9-12H,8,13-16H2,1H3,(H,21,23). The van der Waals surface area contributed by atoms with Crippen LogP contribution in [0.3, 0.4) is 0 Å². The molecule has 0 saturated heterocycles. The number of para-hydroxylation sites is 1. The van der Waals surface area contributed by atoms with Crippen molar-refractivity contribution >= 4 is 11.6 Å². The Labute approximate surface area is 138 Å². The Bertz CT molecular complexity index is 635. The summed E-state index contributed by atoms with van der Waals surface area (Å²) in [6, 6.07) is 20.4. The summed E-state index contributed by atoms with van der Waals surface area (Å²) in [4.78, 5) is 14.9. The van der Waals surface area contributed by atoms with E-state index >= 15 is 0 Å². The summed E-state index contributed by atoms with van der Waals surface area (Å²) in [6.07, 6.45) is 3.04. The largest absolute Gasteiger partial charge is 0.373 e. The monoisotopic (exact) mass is 308 g/mol. The van der Waals surface area contributed by atoms with Gasteiger partial charge in [-0.15, -0.1) is 0 Å². The molecule has 0 atom stereocenters. The summed E-state index contributed by atoms with van der Waals surface area (Å²) in [5.41, 5.74) is 2.02. The summed E-state index contributed by atoms with van der Waals surface area (Å²) in [5, 5.41) is 3.14. The number of hydrogen-bond acceptors (Lipinski definition) is 2. The third-order valence-corrected chi connectivity index (χ3v) is 4.90. The van der Waals surface area contributed by atoms with Crippen LogP contribution in [-0.2, 0) is 10.2 Å². The maximum absolute atomic E-state index is 12.7. The zero-order valence-electron chi connectivity index (χ0n) is 13.7. The number of likely N-dealkylation sites (N-methyl/N-ethyl adjacent to an activating group) is 1. The Morgan fingerprint density at radius 2 is 1.65 bits per heavy atom. The van der Waals surface area contributed by atoms with Crippen LogP contribution in [0.1, 0.15) is 24.8 Å². The lowest BCUT2D eigenvalue weighted by Gasteiger charge is -2.40. The Balaban J connectivity index is 1.57. The minimum atomic E-state index is -0.299. The highest BCUT2D eigenvalue weighted by molar-refractivity contribution is 5.89. The average Bonchev–Trinajstić information content (AvgIpc) is 2.55. The topological polar surface area (TPSA) is 32.3 Å². The fraction of sp³-hybridized carbons (Fsp3) is 0.350. The highest BCUT2D eigenvalue weighted by Gasteiger charge is 2.45. The molecule has 0 aliphatic heterocycles. The zero-order valence-corrected chi connectivity index (χ0v) is 13.7. The molecule has 0 radical (unpaired) electrons. The van der Waals surface area contributed by atoms with Gasteiger partial charge >= 0.3 is 0 Å². The van der Waals surface area contributed by atoms with Crippen LogP contribution in [0, 0.1) is 0 Å². The zero-order chi connectivity index (χ0) is 16.1. The van der Waals surface area contributed by atoms with Crippen LogP contribution in [-0.4, -0.2) is 26.0 Å². The number of nitrogens with zero attached hydrogens (tertiary/aromatic N) is 1. The van der Waals surface area contributed by atoms with Crippen LogP contribution in [0.25, 0.3) is 0 Å². The number of amides is 1. The van der Waals surface area contributed by atoms with Gasteiger partial charge in [-0.2, -0.15) is 0 Å². The predicted octanol–water partition coefficient (Wildman–Crippen LogP) is 3.36. The number of hydrogen-bond donors (Lipinski definition) is 1. The molecule has 0 unspecified atom stereocenters. The molecule has 2 aromatic carbocycles. The van der Waals surface area contributed by atoms with Gasteiger partial charge in [0, 0.05) is 25.8 Å². The van der Waals surface area contributed by atoms with Gasteiger partial charge in [0.2, 0.25) is 5.91 Å². The molecule has 1 amide bonds. The number of anilines is 1. The second kappa shape index (κ2) is 6.86. The van der Waals surface area contributed by atoms with Crippen molar-refractivity contribution in [2.45, 2.75) is 24.7 Å². The lowest BCUT2D eigenvalue weighted by atomic mass is 9.64. The molecule has 1 saturated carbocycles. The van der Waals surface area contributed by atoms with Gasteiger partial charge in [-0.25, -0.2) is 0 Å². The Kier molecular flexibility index (Phi) is 4.65. The molecule has 0 heterocycles.